The van der Waals surface area contributed by atoms with E-state index in [0.29, 0.717) is 55.0 Å². The maximum Gasteiger partial charge on any atom is 0.271 e. The molecule has 1 N–H and O–H groups in total. The van der Waals surface area contributed by atoms with Gasteiger partial charge < -0.3 is 18.9 Å². The zero-order chi connectivity index (χ0) is 26.6. The fourth-order valence-corrected chi connectivity index (χ4v) is 4.26. The van der Waals surface area contributed by atoms with Crippen LogP contribution in [0.3, 0.4) is 0 Å². The van der Waals surface area contributed by atoms with Crippen LogP contribution in [-0.4, -0.2) is 31.9 Å². The Labute approximate surface area is 239 Å². The molecule has 7 nitrogen and oxygen atoms in total. The van der Waals surface area contributed by atoms with Crippen molar-refractivity contribution in [2.75, 3.05) is 19.8 Å². The van der Waals surface area contributed by atoms with Crippen LogP contribution >= 0.6 is 38.5 Å². The summed E-state index contributed by atoms with van der Waals surface area (Å²) in [6.45, 7) is 9.10. The van der Waals surface area contributed by atoms with E-state index < -0.39 is 0 Å². The Hall–Kier alpha value is -3.05. The summed E-state index contributed by atoms with van der Waals surface area (Å²) in [4.78, 5) is 12.7. The first-order valence-corrected chi connectivity index (χ1v) is 13.5. The number of hydrazone groups is 1. The molecule has 3 rings (SSSR count). The van der Waals surface area contributed by atoms with E-state index in [0.717, 1.165) is 19.2 Å². The summed E-state index contributed by atoms with van der Waals surface area (Å²) in [7, 11) is 0. The Kier molecular flexibility index (Phi) is 11.3. The Morgan fingerprint density at radius 2 is 1.70 bits per heavy atom. The highest BCUT2D eigenvalue weighted by atomic mass is 127. The molecular weight excluding hydrogens is 651 g/mol. The Balaban J connectivity index is 1.70. The van der Waals surface area contributed by atoms with Crippen molar-refractivity contribution < 1.29 is 23.7 Å². The third kappa shape index (κ3) is 8.50. The molecule has 0 bridgehead atoms. The summed E-state index contributed by atoms with van der Waals surface area (Å²) in [6.07, 6.45) is 3.20. The Morgan fingerprint density at radius 1 is 0.973 bits per heavy atom. The van der Waals surface area contributed by atoms with E-state index in [1.807, 2.05) is 50.2 Å². The first-order valence-electron chi connectivity index (χ1n) is 11.6. The molecule has 0 radical (unpaired) electrons. The van der Waals surface area contributed by atoms with Gasteiger partial charge >= 0.3 is 0 Å². The Morgan fingerprint density at radius 3 is 2.41 bits per heavy atom. The monoisotopic (exact) mass is 678 g/mol. The number of hydrogen-bond donors (Lipinski definition) is 1. The fourth-order valence-electron chi connectivity index (χ4n) is 3.22. The average Bonchev–Trinajstić information content (AvgIpc) is 2.88. The maximum atomic E-state index is 12.7. The lowest BCUT2D eigenvalue weighted by Crippen LogP contribution is -2.17. The largest absolute Gasteiger partial charge is 0.490 e. The Bertz CT molecular complexity index is 1250. The number of hydrogen-bond acceptors (Lipinski definition) is 6. The van der Waals surface area contributed by atoms with Crippen molar-refractivity contribution in [1.82, 2.24) is 5.43 Å². The molecule has 1 amide bonds. The molecule has 0 aliphatic carbocycles. The number of nitrogens with one attached hydrogen (secondary N) is 1. The molecule has 0 fully saturated rings. The molecule has 194 valence electrons. The zero-order valence-electron chi connectivity index (χ0n) is 20.6. The van der Waals surface area contributed by atoms with Crippen molar-refractivity contribution in [3.63, 3.8) is 0 Å². The van der Waals surface area contributed by atoms with Crippen molar-refractivity contribution in [3.8, 4) is 23.0 Å². The van der Waals surface area contributed by atoms with Crippen LogP contribution in [0.25, 0.3) is 0 Å². The third-order valence-corrected chi connectivity index (χ3v) is 6.20. The molecule has 0 aliphatic rings. The van der Waals surface area contributed by atoms with Gasteiger partial charge in [-0.2, -0.15) is 5.10 Å². The minimum Gasteiger partial charge on any atom is -0.490 e. The predicted molar refractivity (Wildman–Crippen MR) is 157 cm³/mol. The predicted octanol–water partition coefficient (Wildman–Crippen LogP) is 6.76. The summed E-state index contributed by atoms with van der Waals surface area (Å²) in [5, 5.41) is 4.13. The van der Waals surface area contributed by atoms with E-state index in [1.54, 1.807) is 30.5 Å². The SMILES string of the molecule is C=CCOc1ccc(C(=O)N/N=C/c2cc(I)c(OCc3ccc(Br)cc3)c(OCC)c2)cc1OCC. The van der Waals surface area contributed by atoms with E-state index in [9.17, 15) is 4.79 Å². The highest BCUT2D eigenvalue weighted by molar-refractivity contribution is 14.1. The molecule has 0 aliphatic heterocycles. The molecule has 9 heteroatoms. The molecule has 0 atom stereocenters. The van der Waals surface area contributed by atoms with E-state index in [4.69, 9.17) is 18.9 Å². The van der Waals surface area contributed by atoms with Crippen LogP contribution in [0.5, 0.6) is 23.0 Å². The van der Waals surface area contributed by atoms with Crippen molar-refractivity contribution in [2.24, 2.45) is 5.10 Å². The second-order valence-electron chi connectivity index (χ2n) is 7.57. The zero-order valence-corrected chi connectivity index (χ0v) is 24.4. The summed E-state index contributed by atoms with van der Waals surface area (Å²) >= 11 is 5.65. The number of rotatable bonds is 13. The molecule has 0 aromatic heterocycles. The summed E-state index contributed by atoms with van der Waals surface area (Å²) < 4.78 is 25.0. The van der Waals surface area contributed by atoms with Gasteiger partial charge in [0.25, 0.3) is 5.91 Å². The van der Waals surface area contributed by atoms with Gasteiger partial charge in [-0.15, -0.1) is 0 Å². The van der Waals surface area contributed by atoms with Crippen LogP contribution in [0.4, 0.5) is 0 Å². The number of benzene rings is 3. The van der Waals surface area contributed by atoms with Gasteiger partial charge in [-0.1, -0.05) is 40.7 Å². The fraction of sp³-hybridized carbons (Fsp3) is 0.214. The van der Waals surface area contributed by atoms with Crippen LogP contribution in [0.2, 0.25) is 0 Å². The molecule has 0 heterocycles. The van der Waals surface area contributed by atoms with Crippen LogP contribution < -0.4 is 24.4 Å². The van der Waals surface area contributed by atoms with E-state index >= 15 is 0 Å². The van der Waals surface area contributed by atoms with Gasteiger partial charge in [0.1, 0.15) is 13.2 Å². The second-order valence-corrected chi connectivity index (χ2v) is 9.65. The van der Waals surface area contributed by atoms with Crippen LogP contribution in [0, 0.1) is 3.57 Å². The molecule has 3 aromatic carbocycles. The van der Waals surface area contributed by atoms with Gasteiger partial charge in [0.2, 0.25) is 0 Å². The van der Waals surface area contributed by atoms with Gasteiger partial charge in [0.05, 0.1) is 23.0 Å². The van der Waals surface area contributed by atoms with Crippen LogP contribution in [-0.2, 0) is 6.61 Å². The van der Waals surface area contributed by atoms with Crippen molar-refractivity contribution in [2.45, 2.75) is 20.5 Å². The van der Waals surface area contributed by atoms with Gasteiger partial charge in [0.15, 0.2) is 23.0 Å². The quantitative estimate of drug-likeness (QED) is 0.0936. The lowest BCUT2D eigenvalue weighted by molar-refractivity contribution is 0.0954. The molecule has 0 saturated heterocycles. The molecule has 37 heavy (non-hydrogen) atoms. The maximum absolute atomic E-state index is 12.7. The normalized spacial score (nSPS) is 10.7. The first kappa shape index (κ1) is 28.5. The number of carbonyl (C=O) groups is 1. The number of nitrogens with zero attached hydrogens (tertiary/aromatic N) is 1. The van der Waals surface area contributed by atoms with Crippen molar-refractivity contribution in [3.05, 3.63) is 92.0 Å². The van der Waals surface area contributed by atoms with Gasteiger partial charge in [-0.05, 0) is 90.0 Å². The number of amides is 1. The molecule has 0 saturated carbocycles. The molecule has 3 aromatic rings. The minimum absolute atomic E-state index is 0.340. The highest BCUT2D eigenvalue weighted by Crippen LogP contribution is 2.34. The van der Waals surface area contributed by atoms with Gasteiger partial charge in [-0.25, -0.2) is 5.43 Å². The lowest BCUT2D eigenvalue weighted by atomic mass is 10.2. The summed E-state index contributed by atoms with van der Waals surface area (Å²) in [6, 6.07) is 16.7. The third-order valence-electron chi connectivity index (χ3n) is 4.87. The van der Waals surface area contributed by atoms with E-state index in [2.05, 4.69) is 55.6 Å². The smallest absolute Gasteiger partial charge is 0.271 e. The van der Waals surface area contributed by atoms with E-state index in [-0.39, 0.29) is 5.91 Å². The second kappa shape index (κ2) is 14.6. The van der Waals surface area contributed by atoms with Crippen LogP contribution in [0.15, 0.2) is 76.8 Å². The van der Waals surface area contributed by atoms with Crippen LogP contribution in [0.1, 0.15) is 35.3 Å². The number of carbonyl (C=O) groups excluding carboxylic acids is 1. The summed E-state index contributed by atoms with van der Waals surface area (Å²) in [5.41, 5.74) is 4.75. The van der Waals surface area contributed by atoms with Crippen molar-refractivity contribution in [1.29, 1.82) is 0 Å². The van der Waals surface area contributed by atoms with Gasteiger partial charge in [-0.3, -0.25) is 4.79 Å². The number of halogens is 2. The summed E-state index contributed by atoms with van der Waals surface area (Å²) in [5.74, 6) is 1.92. The first-order chi connectivity index (χ1) is 17.9. The minimum atomic E-state index is -0.373. The van der Waals surface area contributed by atoms with E-state index in [1.165, 1.54) is 0 Å². The molecule has 0 unspecified atom stereocenters. The van der Waals surface area contributed by atoms with Crippen molar-refractivity contribution >= 4 is 50.6 Å². The number of ether oxygens (including phenoxy) is 4. The topological polar surface area (TPSA) is 78.4 Å². The molecular formula is C28H28BrIN2O5. The standard InChI is InChI=1S/C28H28BrIN2O5/c1-4-13-36-24-12-9-21(16-25(24)34-5-2)28(33)32-31-17-20-14-23(30)27(26(15-20)35-6-3)37-18-19-7-10-22(29)11-8-19/h4,7-12,14-17H,1,5-6,13,18H2,2-3H3,(H,32,33)/b31-17+. The average molecular weight is 679 g/mol. The highest BCUT2D eigenvalue weighted by Gasteiger charge is 2.13. The molecule has 0 spiro atoms. The van der Waals surface area contributed by atoms with Gasteiger partial charge in [0, 0.05) is 10.0 Å². The lowest BCUT2D eigenvalue weighted by Gasteiger charge is -2.15.